The Morgan fingerprint density at radius 3 is 2.43 bits per heavy atom. The van der Waals surface area contributed by atoms with Gasteiger partial charge in [0, 0.05) is 10.9 Å². The van der Waals surface area contributed by atoms with Crippen molar-refractivity contribution >= 4 is 22.2 Å². The molecule has 0 saturated heterocycles. The highest BCUT2D eigenvalue weighted by molar-refractivity contribution is 7.15. The summed E-state index contributed by atoms with van der Waals surface area (Å²) < 4.78 is 13.1. The van der Waals surface area contributed by atoms with Crippen LogP contribution in [-0.4, -0.2) is 5.91 Å². The normalized spacial score (nSPS) is 16.4. The first-order valence-corrected chi connectivity index (χ1v) is 8.10. The van der Waals surface area contributed by atoms with Crippen molar-refractivity contribution < 1.29 is 9.18 Å². The van der Waals surface area contributed by atoms with Crippen molar-refractivity contribution in [3.63, 3.8) is 0 Å². The lowest BCUT2D eigenvalue weighted by molar-refractivity contribution is 0.0937. The number of anilines is 1. The van der Waals surface area contributed by atoms with Crippen molar-refractivity contribution in [1.29, 1.82) is 0 Å². The summed E-state index contributed by atoms with van der Waals surface area (Å²) in [7, 11) is 0. The minimum Gasteiger partial charge on any atom is -0.353 e. The van der Waals surface area contributed by atoms with Gasteiger partial charge in [0.2, 0.25) is 0 Å². The van der Waals surface area contributed by atoms with Crippen molar-refractivity contribution in [2.24, 2.45) is 0 Å². The van der Waals surface area contributed by atoms with Crippen LogP contribution in [0.15, 0.2) is 60.0 Å². The highest BCUT2D eigenvalue weighted by Crippen LogP contribution is 2.39. The molecule has 2 N–H and O–H groups in total. The van der Waals surface area contributed by atoms with E-state index in [9.17, 15) is 9.18 Å². The van der Waals surface area contributed by atoms with Crippen LogP contribution in [0.4, 0.5) is 9.39 Å². The van der Waals surface area contributed by atoms with Gasteiger partial charge in [0.25, 0.3) is 5.91 Å². The SMILES string of the molecule is O=C1N[C@H](c2ccc(F)cc2)Nc2scc(-c3ccccc3)c21. The van der Waals surface area contributed by atoms with Crippen molar-refractivity contribution in [2.75, 3.05) is 5.32 Å². The van der Waals surface area contributed by atoms with Crippen LogP contribution in [-0.2, 0) is 0 Å². The molecule has 2 aromatic carbocycles. The third-order valence-electron chi connectivity index (χ3n) is 3.86. The number of halogens is 1. The van der Waals surface area contributed by atoms with Gasteiger partial charge in [0.05, 0.1) is 5.56 Å². The van der Waals surface area contributed by atoms with Gasteiger partial charge < -0.3 is 10.6 Å². The van der Waals surface area contributed by atoms with Gasteiger partial charge in [-0.3, -0.25) is 4.79 Å². The summed E-state index contributed by atoms with van der Waals surface area (Å²) in [5, 5.41) is 9.08. The lowest BCUT2D eigenvalue weighted by atomic mass is 10.0. The predicted octanol–water partition coefficient (Wildman–Crippen LogP) is 4.41. The number of carbonyl (C=O) groups excluding carboxylic acids is 1. The predicted molar refractivity (Wildman–Crippen MR) is 90.0 cm³/mol. The maximum absolute atomic E-state index is 13.1. The number of nitrogens with one attached hydrogen (secondary N) is 2. The van der Waals surface area contributed by atoms with E-state index in [1.54, 1.807) is 12.1 Å². The molecule has 0 bridgehead atoms. The third kappa shape index (κ3) is 2.49. The minimum atomic E-state index is -0.349. The zero-order valence-electron chi connectivity index (χ0n) is 12.0. The first-order valence-electron chi connectivity index (χ1n) is 7.22. The van der Waals surface area contributed by atoms with Crippen LogP contribution < -0.4 is 10.6 Å². The maximum atomic E-state index is 13.1. The Labute approximate surface area is 136 Å². The van der Waals surface area contributed by atoms with Crippen molar-refractivity contribution in [3.8, 4) is 11.1 Å². The summed E-state index contributed by atoms with van der Waals surface area (Å²) in [6.45, 7) is 0. The fourth-order valence-corrected chi connectivity index (χ4v) is 3.71. The Morgan fingerprint density at radius 1 is 0.957 bits per heavy atom. The number of fused-ring (bicyclic) bond motifs is 1. The molecule has 2 heterocycles. The van der Waals surface area contributed by atoms with E-state index in [2.05, 4.69) is 10.6 Å². The summed E-state index contributed by atoms with van der Waals surface area (Å²) >= 11 is 1.51. The van der Waals surface area contributed by atoms with E-state index in [0.717, 1.165) is 21.7 Å². The Morgan fingerprint density at radius 2 is 1.70 bits per heavy atom. The zero-order chi connectivity index (χ0) is 15.8. The van der Waals surface area contributed by atoms with Gasteiger partial charge in [-0.15, -0.1) is 11.3 Å². The number of benzene rings is 2. The molecule has 0 unspecified atom stereocenters. The molecule has 0 spiro atoms. The van der Waals surface area contributed by atoms with Crippen LogP contribution in [0.3, 0.4) is 0 Å². The van der Waals surface area contributed by atoms with Crippen LogP contribution in [0.2, 0.25) is 0 Å². The largest absolute Gasteiger partial charge is 0.353 e. The Balaban J connectivity index is 1.70. The molecular weight excluding hydrogens is 311 g/mol. The van der Waals surface area contributed by atoms with E-state index < -0.39 is 0 Å². The van der Waals surface area contributed by atoms with E-state index >= 15 is 0 Å². The van der Waals surface area contributed by atoms with Crippen LogP contribution in [0.5, 0.6) is 0 Å². The Bertz CT molecular complexity index is 858. The minimum absolute atomic E-state index is 0.117. The molecule has 1 aliphatic rings. The fourth-order valence-electron chi connectivity index (χ4n) is 2.71. The topological polar surface area (TPSA) is 41.1 Å². The summed E-state index contributed by atoms with van der Waals surface area (Å²) in [6, 6.07) is 16.0. The third-order valence-corrected chi connectivity index (χ3v) is 4.77. The lowest BCUT2D eigenvalue weighted by Crippen LogP contribution is -2.37. The first kappa shape index (κ1) is 14.0. The summed E-state index contributed by atoms with van der Waals surface area (Å²) in [4.78, 5) is 12.6. The molecule has 3 aromatic rings. The zero-order valence-corrected chi connectivity index (χ0v) is 12.9. The van der Waals surface area contributed by atoms with Gasteiger partial charge in [0.1, 0.15) is 17.0 Å². The van der Waals surface area contributed by atoms with Crippen molar-refractivity contribution in [1.82, 2.24) is 5.32 Å². The van der Waals surface area contributed by atoms with Crippen LogP contribution >= 0.6 is 11.3 Å². The molecule has 0 saturated carbocycles. The second-order valence-corrected chi connectivity index (χ2v) is 6.20. The van der Waals surface area contributed by atoms with Crippen LogP contribution in [0.1, 0.15) is 22.1 Å². The van der Waals surface area contributed by atoms with Crippen molar-refractivity contribution in [2.45, 2.75) is 6.17 Å². The Hall–Kier alpha value is -2.66. The summed E-state index contributed by atoms with van der Waals surface area (Å²) in [5.41, 5.74) is 3.43. The average Bonchev–Trinajstić information content (AvgIpc) is 3.01. The van der Waals surface area contributed by atoms with Gasteiger partial charge in [-0.05, 0) is 23.3 Å². The number of rotatable bonds is 2. The van der Waals surface area contributed by atoms with Gasteiger partial charge in [-0.2, -0.15) is 0 Å². The fraction of sp³-hybridized carbons (Fsp3) is 0.0556. The van der Waals surface area contributed by atoms with Gasteiger partial charge in [-0.25, -0.2) is 4.39 Å². The molecule has 1 amide bonds. The highest BCUT2D eigenvalue weighted by Gasteiger charge is 2.29. The van der Waals surface area contributed by atoms with Gasteiger partial charge in [-0.1, -0.05) is 42.5 Å². The second kappa shape index (κ2) is 5.52. The molecule has 0 radical (unpaired) electrons. The van der Waals surface area contributed by atoms with Gasteiger partial charge >= 0.3 is 0 Å². The molecule has 1 aliphatic heterocycles. The van der Waals surface area contributed by atoms with E-state index in [-0.39, 0.29) is 17.9 Å². The molecule has 5 heteroatoms. The smallest absolute Gasteiger partial charge is 0.256 e. The average molecular weight is 324 g/mol. The number of carbonyl (C=O) groups is 1. The lowest BCUT2D eigenvalue weighted by Gasteiger charge is -2.26. The van der Waals surface area contributed by atoms with E-state index in [1.807, 2.05) is 35.7 Å². The van der Waals surface area contributed by atoms with Crippen LogP contribution in [0.25, 0.3) is 11.1 Å². The molecule has 114 valence electrons. The number of thiophene rings is 1. The van der Waals surface area contributed by atoms with E-state index in [1.165, 1.54) is 23.5 Å². The molecule has 1 aromatic heterocycles. The standard InChI is InChI=1S/C18H13FN2OS/c19-13-8-6-12(7-9-13)16-20-17(22)15-14(10-23-18(15)21-16)11-4-2-1-3-5-11/h1-10,16,21H,(H,20,22)/t16-/m0/s1. The monoisotopic (exact) mass is 324 g/mol. The second-order valence-electron chi connectivity index (χ2n) is 5.32. The van der Waals surface area contributed by atoms with E-state index in [4.69, 9.17) is 0 Å². The quantitative estimate of drug-likeness (QED) is 0.733. The molecule has 3 nitrogen and oxygen atoms in total. The van der Waals surface area contributed by atoms with E-state index in [0.29, 0.717) is 5.56 Å². The van der Waals surface area contributed by atoms with Gasteiger partial charge in [0.15, 0.2) is 0 Å². The number of hydrogen-bond acceptors (Lipinski definition) is 3. The highest BCUT2D eigenvalue weighted by atomic mass is 32.1. The number of amides is 1. The maximum Gasteiger partial charge on any atom is 0.256 e. The molecule has 23 heavy (non-hydrogen) atoms. The summed E-state index contributed by atoms with van der Waals surface area (Å²) in [6.07, 6.45) is -0.349. The molecular formula is C18H13FN2OS. The molecule has 0 aliphatic carbocycles. The first-order chi connectivity index (χ1) is 11.2. The number of hydrogen-bond donors (Lipinski definition) is 2. The molecule has 4 rings (SSSR count). The van der Waals surface area contributed by atoms with Crippen molar-refractivity contribution in [3.05, 3.63) is 76.9 Å². The Kier molecular flexibility index (Phi) is 3.35. The van der Waals surface area contributed by atoms with Crippen LogP contribution in [0, 0.1) is 5.82 Å². The molecule has 1 atom stereocenters. The molecule has 0 fully saturated rings. The summed E-state index contributed by atoms with van der Waals surface area (Å²) in [5.74, 6) is -0.410.